The van der Waals surface area contributed by atoms with Crippen LogP contribution in [0.15, 0.2) is 42.5 Å². The fourth-order valence-corrected chi connectivity index (χ4v) is 6.16. The largest absolute Gasteiger partial charge is 0.469 e. The molecular weight excluding hydrogens is 613 g/mol. The highest BCUT2D eigenvalue weighted by atomic mass is 35.5. The van der Waals surface area contributed by atoms with Gasteiger partial charge in [0.1, 0.15) is 22.8 Å². The van der Waals surface area contributed by atoms with Gasteiger partial charge in [-0.25, -0.2) is 9.59 Å². The van der Waals surface area contributed by atoms with Crippen LogP contribution in [-0.4, -0.2) is 57.6 Å². The van der Waals surface area contributed by atoms with E-state index in [0.717, 1.165) is 0 Å². The number of methoxy groups -OCH3 is 2. The molecule has 3 heterocycles. The number of rotatable bonds is 6. The molecule has 1 fully saturated rings. The fraction of sp³-hybridized carbons (Fsp3) is 0.344. The number of carbonyl (C=O) groups is 3. The Morgan fingerprint density at radius 2 is 1.66 bits per heavy atom. The van der Waals surface area contributed by atoms with Crippen LogP contribution in [0.5, 0.6) is 17.2 Å². The van der Waals surface area contributed by atoms with Gasteiger partial charge in [0.2, 0.25) is 0 Å². The van der Waals surface area contributed by atoms with Crippen molar-refractivity contribution in [1.82, 2.24) is 0 Å². The number of carbonyl (C=O) groups excluding carboxylic acids is 3. The van der Waals surface area contributed by atoms with E-state index in [0.29, 0.717) is 57.7 Å². The number of fused-ring (bicyclic) bond motifs is 6. The van der Waals surface area contributed by atoms with E-state index in [4.69, 9.17) is 51.6 Å². The van der Waals surface area contributed by atoms with Gasteiger partial charge in [-0.05, 0) is 45.0 Å². The molecule has 0 radical (unpaired) electrons. The molecule has 3 aromatic carbocycles. The predicted octanol–water partition coefficient (Wildman–Crippen LogP) is 6.11. The van der Waals surface area contributed by atoms with Crippen LogP contribution in [-0.2, 0) is 29.3 Å². The fourth-order valence-electron chi connectivity index (χ4n) is 5.66. The number of nitrogens with zero attached hydrogens (tertiary/aromatic N) is 1. The SMILES string of the molecule is COCOc1cc2c(cc1Cl)C1(OC(=O)c3cc(C(=O)OC(C)(C)C)ccc31)c1cc(Cl)c(N3CC(C(=O)OC)C3)cc1O2. The molecule has 6 rings (SSSR count). The molecule has 1 unspecified atom stereocenters. The molecule has 1 atom stereocenters. The molecule has 0 saturated carbocycles. The molecular formula is C32H29Cl2NO9. The lowest BCUT2D eigenvalue weighted by Crippen LogP contribution is -2.51. The van der Waals surface area contributed by atoms with E-state index in [-0.39, 0.29) is 34.8 Å². The summed E-state index contributed by atoms with van der Waals surface area (Å²) in [6.45, 7) is 6.08. The van der Waals surface area contributed by atoms with Gasteiger partial charge >= 0.3 is 17.9 Å². The van der Waals surface area contributed by atoms with E-state index in [1.807, 2.05) is 4.90 Å². The van der Waals surface area contributed by atoms with Crippen molar-refractivity contribution in [2.24, 2.45) is 5.92 Å². The third-order valence-electron chi connectivity index (χ3n) is 7.65. The molecule has 44 heavy (non-hydrogen) atoms. The number of benzene rings is 3. The molecule has 1 saturated heterocycles. The number of esters is 3. The molecule has 0 bridgehead atoms. The van der Waals surface area contributed by atoms with Gasteiger partial charge in [0.05, 0.1) is 39.9 Å². The average Bonchev–Trinajstić information content (AvgIpc) is 3.23. The van der Waals surface area contributed by atoms with Crippen LogP contribution in [0.4, 0.5) is 5.69 Å². The number of halogens is 2. The molecule has 3 aliphatic rings. The lowest BCUT2D eigenvalue weighted by molar-refractivity contribution is -0.146. The van der Waals surface area contributed by atoms with Crippen LogP contribution in [0, 0.1) is 5.92 Å². The Bertz CT molecular complexity index is 1710. The molecule has 0 aliphatic carbocycles. The minimum Gasteiger partial charge on any atom is -0.469 e. The van der Waals surface area contributed by atoms with Crippen molar-refractivity contribution < 1.29 is 42.8 Å². The Kier molecular flexibility index (Phi) is 7.42. The summed E-state index contributed by atoms with van der Waals surface area (Å²) in [7, 11) is 2.84. The Hall–Kier alpha value is -3.99. The standard InChI is InChI=1S/C32H29Cl2NO9/c1-31(2,3)43-29(37)16-6-7-19-18(8-16)30(38)44-32(19)20-9-22(33)24(35-13-17(14-35)28(36)40-5)11-25(20)42-26-12-27(41-15-39-4)23(34)10-21(26)32/h6-12,17H,13-15H2,1-5H3. The van der Waals surface area contributed by atoms with Crippen LogP contribution < -0.4 is 14.4 Å². The summed E-state index contributed by atoms with van der Waals surface area (Å²) in [4.78, 5) is 40.4. The Labute approximate surface area is 263 Å². The Morgan fingerprint density at radius 3 is 2.32 bits per heavy atom. The van der Waals surface area contributed by atoms with E-state index in [9.17, 15) is 14.4 Å². The first-order valence-electron chi connectivity index (χ1n) is 13.8. The lowest BCUT2D eigenvalue weighted by Gasteiger charge is -2.41. The van der Waals surface area contributed by atoms with Crippen LogP contribution in [0.25, 0.3) is 0 Å². The third kappa shape index (κ3) is 4.91. The zero-order valence-electron chi connectivity index (χ0n) is 24.6. The number of anilines is 1. The number of ether oxygens (including phenoxy) is 6. The summed E-state index contributed by atoms with van der Waals surface area (Å²) in [5.41, 5.74) is 0.159. The normalized spacial score (nSPS) is 18.4. The molecule has 0 amide bonds. The lowest BCUT2D eigenvalue weighted by atomic mass is 9.77. The average molecular weight is 642 g/mol. The van der Waals surface area contributed by atoms with E-state index >= 15 is 0 Å². The molecule has 0 aromatic heterocycles. The molecule has 230 valence electrons. The van der Waals surface area contributed by atoms with Crippen LogP contribution in [0.1, 0.15) is 58.2 Å². The minimum atomic E-state index is -1.52. The second kappa shape index (κ2) is 10.9. The molecule has 12 heteroatoms. The van der Waals surface area contributed by atoms with Gasteiger partial charge in [-0.1, -0.05) is 29.3 Å². The number of hydrogen-bond donors (Lipinski definition) is 0. The van der Waals surface area contributed by atoms with E-state index < -0.39 is 23.1 Å². The van der Waals surface area contributed by atoms with Crippen molar-refractivity contribution in [3.05, 3.63) is 80.3 Å². The predicted molar refractivity (Wildman–Crippen MR) is 160 cm³/mol. The first kappa shape index (κ1) is 30.1. The summed E-state index contributed by atoms with van der Waals surface area (Å²) in [5.74, 6) is -0.788. The van der Waals surface area contributed by atoms with Gasteiger partial charge in [-0.2, -0.15) is 0 Å². The van der Waals surface area contributed by atoms with E-state index in [1.165, 1.54) is 20.3 Å². The maximum absolute atomic E-state index is 13.6. The Balaban J connectivity index is 1.50. The number of hydrogen-bond acceptors (Lipinski definition) is 10. The maximum atomic E-state index is 13.6. The zero-order chi connectivity index (χ0) is 31.6. The van der Waals surface area contributed by atoms with Gasteiger partial charge in [0.15, 0.2) is 12.4 Å². The van der Waals surface area contributed by atoms with Gasteiger partial charge in [0.25, 0.3) is 0 Å². The summed E-state index contributed by atoms with van der Waals surface area (Å²) in [6.07, 6.45) is 0. The molecule has 1 spiro atoms. The van der Waals surface area contributed by atoms with E-state index in [1.54, 1.807) is 57.2 Å². The molecule has 0 N–H and O–H groups in total. The highest BCUT2D eigenvalue weighted by Gasteiger charge is 2.54. The van der Waals surface area contributed by atoms with Crippen LogP contribution in [0.2, 0.25) is 10.0 Å². The van der Waals surface area contributed by atoms with Crippen LogP contribution in [0.3, 0.4) is 0 Å². The smallest absolute Gasteiger partial charge is 0.340 e. The summed E-state index contributed by atoms with van der Waals surface area (Å²) < 4.78 is 33.7. The molecule has 10 nitrogen and oxygen atoms in total. The van der Waals surface area contributed by atoms with Crippen LogP contribution >= 0.6 is 23.2 Å². The highest BCUT2D eigenvalue weighted by molar-refractivity contribution is 6.33. The van der Waals surface area contributed by atoms with Gasteiger partial charge < -0.3 is 33.3 Å². The topological polar surface area (TPSA) is 110 Å². The van der Waals surface area contributed by atoms with Crippen molar-refractivity contribution in [2.75, 3.05) is 39.0 Å². The van der Waals surface area contributed by atoms with Crippen molar-refractivity contribution in [2.45, 2.75) is 32.0 Å². The second-order valence-electron chi connectivity index (χ2n) is 11.7. The third-order valence-corrected chi connectivity index (χ3v) is 8.25. The summed E-state index contributed by atoms with van der Waals surface area (Å²) in [5, 5.41) is 0.596. The van der Waals surface area contributed by atoms with Crippen molar-refractivity contribution in [1.29, 1.82) is 0 Å². The van der Waals surface area contributed by atoms with Crippen molar-refractivity contribution >= 4 is 46.8 Å². The summed E-state index contributed by atoms with van der Waals surface area (Å²) in [6, 6.07) is 11.4. The zero-order valence-corrected chi connectivity index (χ0v) is 26.1. The quantitative estimate of drug-likeness (QED) is 0.178. The second-order valence-corrected chi connectivity index (χ2v) is 12.5. The van der Waals surface area contributed by atoms with Crippen molar-refractivity contribution in [3.63, 3.8) is 0 Å². The maximum Gasteiger partial charge on any atom is 0.340 e. The summed E-state index contributed by atoms with van der Waals surface area (Å²) >= 11 is 13.5. The Morgan fingerprint density at radius 1 is 0.977 bits per heavy atom. The highest BCUT2D eigenvalue weighted by Crippen LogP contribution is 2.59. The monoisotopic (exact) mass is 641 g/mol. The first-order valence-corrected chi connectivity index (χ1v) is 14.5. The molecule has 3 aliphatic heterocycles. The first-order chi connectivity index (χ1) is 20.9. The van der Waals surface area contributed by atoms with Gasteiger partial charge in [0, 0.05) is 49.0 Å². The van der Waals surface area contributed by atoms with E-state index in [2.05, 4.69) is 0 Å². The van der Waals surface area contributed by atoms with Crippen molar-refractivity contribution in [3.8, 4) is 17.2 Å². The van der Waals surface area contributed by atoms with Gasteiger partial charge in [-0.3, -0.25) is 4.79 Å². The molecule has 3 aromatic rings. The van der Waals surface area contributed by atoms with Gasteiger partial charge in [-0.15, -0.1) is 0 Å². The minimum absolute atomic E-state index is 0.0540.